The van der Waals surface area contributed by atoms with Crippen molar-refractivity contribution < 1.29 is 23.9 Å². The molecule has 0 aromatic heterocycles. The summed E-state index contributed by atoms with van der Waals surface area (Å²) < 4.78 is 10.1. The summed E-state index contributed by atoms with van der Waals surface area (Å²) in [6, 6.07) is 0. The molecule has 0 atom stereocenters. The quantitative estimate of drug-likeness (QED) is 0.365. The number of carbonyl (C=O) groups is 3. The molecule has 0 fully saturated rings. The maximum absolute atomic E-state index is 11.2. The van der Waals surface area contributed by atoms with E-state index in [4.69, 9.17) is 9.47 Å². The monoisotopic (exact) mass is 269 g/mol. The highest BCUT2D eigenvalue weighted by Crippen LogP contribution is 2.03. The first kappa shape index (κ1) is 15.4. The minimum atomic E-state index is -0.322. The molecule has 0 bridgehead atoms. The van der Waals surface area contributed by atoms with Crippen molar-refractivity contribution in [2.45, 2.75) is 20.3 Å². The maximum Gasteiger partial charge on any atom is 0.306 e. The van der Waals surface area contributed by atoms with Crippen LogP contribution in [0.5, 0.6) is 0 Å². The summed E-state index contributed by atoms with van der Waals surface area (Å²) in [4.78, 5) is 34.7. The smallest absolute Gasteiger partial charge is 0.306 e. The molecule has 19 heavy (non-hydrogen) atoms. The van der Waals surface area contributed by atoms with Crippen LogP contribution in [-0.4, -0.2) is 49.0 Å². The minimum Gasteiger partial charge on any atom is -0.463 e. The van der Waals surface area contributed by atoms with E-state index >= 15 is 0 Å². The van der Waals surface area contributed by atoms with Crippen LogP contribution in [0.4, 0.5) is 0 Å². The van der Waals surface area contributed by atoms with E-state index in [0.717, 1.165) is 4.90 Å². The molecule has 0 saturated heterocycles. The molecule has 0 unspecified atom stereocenters. The number of imide groups is 1. The summed E-state index contributed by atoms with van der Waals surface area (Å²) in [6.07, 6.45) is 2.86. The van der Waals surface area contributed by atoms with E-state index in [1.807, 2.05) is 13.8 Å². The average molecular weight is 269 g/mol. The molecular formula is C13H19NO5. The fourth-order valence-electron chi connectivity index (χ4n) is 1.52. The van der Waals surface area contributed by atoms with E-state index in [1.165, 1.54) is 12.2 Å². The van der Waals surface area contributed by atoms with E-state index in [1.54, 1.807) is 0 Å². The third-order valence-electron chi connectivity index (χ3n) is 2.43. The van der Waals surface area contributed by atoms with Gasteiger partial charge in [0.05, 0.1) is 19.8 Å². The summed E-state index contributed by atoms with van der Waals surface area (Å²) in [5.41, 5.74) is 0. The molecule has 0 spiro atoms. The van der Waals surface area contributed by atoms with Crippen molar-refractivity contribution in [1.29, 1.82) is 0 Å². The molecular weight excluding hydrogens is 250 g/mol. The van der Waals surface area contributed by atoms with Crippen LogP contribution in [0, 0.1) is 5.92 Å². The number of esters is 1. The van der Waals surface area contributed by atoms with Crippen LogP contribution < -0.4 is 0 Å². The van der Waals surface area contributed by atoms with Gasteiger partial charge in [-0.15, -0.1) is 0 Å². The largest absolute Gasteiger partial charge is 0.463 e. The molecule has 1 heterocycles. The van der Waals surface area contributed by atoms with Gasteiger partial charge in [-0.2, -0.15) is 0 Å². The van der Waals surface area contributed by atoms with E-state index in [-0.39, 0.29) is 50.1 Å². The third-order valence-corrected chi connectivity index (χ3v) is 2.43. The van der Waals surface area contributed by atoms with E-state index in [2.05, 4.69) is 0 Å². The Morgan fingerprint density at radius 1 is 1.16 bits per heavy atom. The van der Waals surface area contributed by atoms with Gasteiger partial charge in [0.2, 0.25) is 0 Å². The van der Waals surface area contributed by atoms with E-state index in [9.17, 15) is 14.4 Å². The lowest BCUT2D eigenvalue weighted by atomic mass is 10.1. The molecule has 106 valence electrons. The van der Waals surface area contributed by atoms with Crippen LogP contribution >= 0.6 is 0 Å². The van der Waals surface area contributed by atoms with Crippen molar-refractivity contribution in [3.63, 3.8) is 0 Å². The van der Waals surface area contributed by atoms with Gasteiger partial charge in [-0.1, -0.05) is 13.8 Å². The van der Waals surface area contributed by atoms with Crippen LogP contribution in [0.3, 0.4) is 0 Å². The van der Waals surface area contributed by atoms with Crippen molar-refractivity contribution in [3.05, 3.63) is 12.2 Å². The van der Waals surface area contributed by atoms with Crippen LogP contribution in [-0.2, 0) is 23.9 Å². The van der Waals surface area contributed by atoms with E-state index in [0.29, 0.717) is 6.42 Å². The van der Waals surface area contributed by atoms with Crippen molar-refractivity contribution in [2.24, 2.45) is 5.92 Å². The van der Waals surface area contributed by atoms with Crippen molar-refractivity contribution >= 4 is 17.8 Å². The Balaban J connectivity index is 2.01. The lowest BCUT2D eigenvalue weighted by Gasteiger charge is -2.13. The second-order valence-corrected chi connectivity index (χ2v) is 4.59. The summed E-state index contributed by atoms with van der Waals surface area (Å²) in [5, 5.41) is 0. The number of hydrogen-bond acceptors (Lipinski definition) is 5. The normalized spacial score (nSPS) is 14.6. The predicted molar refractivity (Wildman–Crippen MR) is 67.1 cm³/mol. The number of nitrogens with zero attached hydrogens (tertiary/aromatic N) is 1. The Kier molecular flexibility index (Phi) is 6.21. The molecule has 6 heteroatoms. The van der Waals surface area contributed by atoms with Gasteiger partial charge in [0.15, 0.2) is 0 Å². The standard InChI is InChI=1S/C13H19NO5/c1-10(2)9-13(17)19-8-7-18-6-5-14-11(15)3-4-12(14)16/h3-4,10H,5-9H2,1-2H3. The number of hydrogen-bond donors (Lipinski definition) is 0. The number of carbonyl (C=O) groups excluding carboxylic acids is 3. The molecule has 0 aliphatic carbocycles. The van der Waals surface area contributed by atoms with Crippen LogP contribution in [0.2, 0.25) is 0 Å². The van der Waals surface area contributed by atoms with Crippen LogP contribution in [0.15, 0.2) is 12.2 Å². The average Bonchev–Trinajstić information content (AvgIpc) is 2.63. The maximum atomic E-state index is 11.2. The topological polar surface area (TPSA) is 72.9 Å². The van der Waals surface area contributed by atoms with Crippen molar-refractivity contribution in [1.82, 2.24) is 4.90 Å². The first-order valence-electron chi connectivity index (χ1n) is 6.27. The second kappa shape index (κ2) is 7.68. The molecule has 0 N–H and O–H groups in total. The molecule has 1 rings (SSSR count). The highest BCUT2D eigenvalue weighted by molar-refractivity contribution is 6.12. The van der Waals surface area contributed by atoms with Gasteiger partial charge in [0, 0.05) is 18.6 Å². The zero-order valence-corrected chi connectivity index (χ0v) is 11.3. The minimum absolute atomic E-state index is 0.186. The third kappa shape index (κ3) is 5.65. The number of amides is 2. The van der Waals surface area contributed by atoms with Gasteiger partial charge >= 0.3 is 5.97 Å². The highest BCUT2D eigenvalue weighted by atomic mass is 16.6. The summed E-state index contributed by atoms with van der Waals surface area (Å²) >= 11 is 0. The fraction of sp³-hybridized carbons (Fsp3) is 0.615. The van der Waals surface area contributed by atoms with Gasteiger partial charge in [-0.3, -0.25) is 19.3 Å². The Morgan fingerprint density at radius 3 is 2.37 bits per heavy atom. The van der Waals surface area contributed by atoms with Gasteiger partial charge in [-0.05, 0) is 5.92 Å². The molecule has 0 saturated carbocycles. The van der Waals surface area contributed by atoms with Crippen LogP contribution in [0.25, 0.3) is 0 Å². The Bertz CT molecular complexity index is 357. The van der Waals surface area contributed by atoms with Gasteiger partial charge in [0.1, 0.15) is 6.61 Å². The Labute approximate surface area is 112 Å². The van der Waals surface area contributed by atoms with Crippen molar-refractivity contribution in [2.75, 3.05) is 26.4 Å². The fourth-order valence-corrected chi connectivity index (χ4v) is 1.52. The first-order valence-corrected chi connectivity index (χ1v) is 6.27. The molecule has 1 aliphatic heterocycles. The Morgan fingerprint density at radius 2 is 1.79 bits per heavy atom. The lowest BCUT2D eigenvalue weighted by Crippen LogP contribution is -2.33. The second-order valence-electron chi connectivity index (χ2n) is 4.59. The molecule has 2 amide bonds. The zero-order valence-electron chi connectivity index (χ0n) is 11.3. The van der Waals surface area contributed by atoms with Gasteiger partial charge in [-0.25, -0.2) is 0 Å². The molecule has 0 radical (unpaired) electrons. The lowest BCUT2D eigenvalue weighted by molar-refractivity contribution is -0.146. The molecule has 0 aromatic rings. The predicted octanol–water partition coefficient (Wildman–Crippen LogP) is 0.517. The number of ether oxygens (including phenoxy) is 2. The van der Waals surface area contributed by atoms with Crippen molar-refractivity contribution in [3.8, 4) is 0 Å². The first-order chi connectivity index (χ1) is 9.00. The summed E-state index contributed by atoms with van der Waals surface area (Å²) in [7, 11) is 0. The summed E-state index contributed by atoms with van der Waals surface area (Å²) in [6.45, 7) is 4.77. The zero-order chi connectivity index (χ0) is 14.3. The SMILES string of the molecule is CC(C)CC(=O)OCCOCCN1C(=O)C=CC1=O. The van der Waals surface area contributed by atoms with Gasteiger partial charge < -0.3 is 9.47 Å². The molecule has 6 nitrogen and oxygen atoms in total. The molecule has 0 aromatic carbocycles. The van der Waals surface area contributed by atoms with Crippen LogP contribution in [0.1, 0.15) is 20.3 Å². The van der Waals surface area contributed by atoms with E-state index < -0.39 is 0 Å². The number of rotatable bonds is 8. The summed E-state index contributed by atoms with van der Waals surface area (Å²) in [5.74, 6) is -0.616. The molecule has 1 aliphatic rings. The highest BCUT2D eigenvalue weighted by Gasteiger charge is 2.22. The Hall–Kier alpha value is -1.69. The van der Waals surface area contributed by atoms with Gasteiger partial charge in [0.25, 0.3) is 11.8 Å².